The molecule has 0 saturated heterocycles. The highest BCUT2D eigenvalue weighted by atomic mass is 16.6. The van der Waals surface area contributed by atoms with E-state index in [2.05, 4.69) is 16.5 Å². The Morgan fingerprint density at radius 2 is 1.64 bits per heavy atom. The van der Waals surface area contributed by atoms with Crippen LogP contribution in [0.15, 0.2) is 71.3 Å². The normalized spacial score (nSPS) is 15.8. The van der Waals surface area contributed by atoms with Crippen molar-refractivity contribution in [3.05, 3.63) is 94.7 Å². The number of aryl methyl sites for hydroxylation is 2. The molecule has 1 saturated carbocycles. The highest BCUT2D eigenvalue weighted by Crippen LogP contribution is 2.48. The first kappa shape index (κ1) is 24.9. The maximum Gasteiger partial charge on any atom is 0.412 e. The fraction of sp³-hybridized carbons (Fsp3) is 0.281. The molecule has 0 bridgehead atoms. The number of benzene rings is 3. The summed E-state index contributed by atoms with van der Waals surface area (Å²) in [6, 6.07) is 21.7. The van der Waals surface area contributed by atoms with Crippen molar-refractivity contribution >= 4 is 17.7 Å². The second-order valence-corrected chi connectivity index (χ2v) is 10.5. The molecule has 2 N–H and O–H groups in total. The third-order valence-electron chi connectivity index (χ3n) is 8.07. The molecule has 198 valence electrons. The van der Waals surface area contributed by atoms with E-state index in [0.717, 1.165) is 47.1 Å². The molecule has 1 heterocycles. The summed E-state index contributed by atoms with van der Waals surface area (Å²) in [7, 11) is 0. The van der Waals surface area contributed by atoms with Crippen LogP contribution in [0.1, 0.15) is 60.2 Å². The minimum Gasteiger partial charge on any atom is -0.481 e. The average Bonchev–Trinajstić information content (AvgIpc) is 3.49. The fourth-order valence-corrected chi connectivity index (χ4v) is 5.65. The van der Waals surface area contributed by atoms with Gasteiger partial charge in [-0.2, -0.15) is 0 Å². The zero-order valence-electron chi connectivity index (χ0n) is 22.0. The number of nitrogens with zero attached hydrogens (tertiary/aromatic N) is 1. The number of rotatable bonds is 7. The number of carboxylic acid groups (broad SMARTS) is 1. The quantitative estimate of drug-likeness (QED) is 0.265. The van der Waals surface area contributed by atoms with Gasteiger partial charge in [-0.05, 0) is 79.3 Å². The zero-order valence-corrected chi connectivity index (χ0v) is 22.0. The largest absolute Gasteiger partial charge is 0.481 e. The van der Waals surface area contributed by atoms with E-state index >= 15 is 0 Å². The Morgan fingerprint density at radius 1 is 0.974 bits per heavy atom. The van der Waals surface area contributed by atoms with E-state index < -0.39 is 17.5 Å². The molecule has 7 nitrogen and oxygen atoms in total. The molecule has 1 unspecified atom stereocenters. The first-order valence-electron chi connectivity index (χ1n) is 13.3. The first-order valence-corrected chi connectivity index (χ1v) is 13.3. The zero-order chi connectivity index (χ0) is 27.1. The lowest BCUT2D eigenvalue weighted by atomic mass is 9.93. The molecule has 1 aromatic heterocycles. The molecule has 3 aromatic carbocycles. The Bertz CT molecular complexity index is 1550. The lowest BCUT2D eigenvalue weighted by molar-refractivity contribution is -0.140. The van der Waals surface area contributed by atoms with Crippen LogP contribution < -0.4 is 5.32 Å². The van der Waals surface area contributed by atoms with Crippen molar-refractivity contribution in [1.82, 2.24) is 5.16 Å². The van der Waals surface area contributed by atoms with Crippen LogP contribution >= 0.6 is 0 Å². The smallest absolute Gasteiger partial charge is 0.412 e. The van der Waals surface area contributed by atoms with Crippen molar-refractivity contribution in [2.24, 2.45) is 0 Å². The first-order chi connectivity index (χ1) is 18.9. The highest BCUT2D eigenvalue weighted by molar-refractivity contribution is 5.91. The predicted octanol–water partition coefficient (Wildman–Crippen LogP) is 7.23. The van der Waals surface area contributed by atoms with Gasteiger partial charge < -0.3 is 14.4 Å². The standard InChI is InChI=1S/C32H30N2O5/c1-19-28(33-31(37)38-20(2)26-7-3-5-23-6-4-8-27(23)26)29(39-34-19)24-11-9-21(10-12-24)22-13-15-25(16-14-22)32(17-18-32)30(35)36/h3,5,7,9-16,20H,4,6,8,17-18H2,1-2H3,(H,33,37)(H,35,36). The number of fused-ring (bicyclic) bond motifs is 1. The molecule has 4 aromatic rings. The summed E-state index contributed by atoms with van der Waals surface area (Å²) in [6.07, 6.45) is 3.65. The van der Waals surface area contributed by atoms with Gasteiger partial charge in [0.2, 0.25) is 0 Å². The number of carbonyl (C=O) groups is 2. The molecule has 2 aliphatic carbocycles. The van der Waals surface area contributed by atoms with Gasteiger partial charge >= 0.3 is 12.1 Å². The highest BCUT2D eigenvalue weighted by Gasteiger charge is 2.51. The predicted molar refractivity (Wildman–Crippen MR) is 148 cm³/mol. The molecule has 1 amide bonds. The molecule has 2 aliphatic rings. The summed E-state index contributed by atoms with van der Waals surface area (Å²) >= 11 is 0. The van der Waals surface area contributed by atoms with Crippen LogP contribution in [0, 0.1) is 6.92 Å². The molecule has 1 fully saturated rings. The van der Waals surface area contributed by atoms with E-state index in [1.165, 1.54) is 11.1 Å². The van der Waals surface area contributed by atoms with Gasteiger partial charge in [0, 0.05) is 5.56 Å². The minimum absolute atomic E-state index is 0.377. The monoisotopic (exact) mass is 522 g/mol. The van der Waals surface area contributed by atoms with E-state index in [-0.39, 0.29) is 6.10 Å². The SMILES string of the molecule is Cc1noc(-c2ccc(-c3ccc(C4(C(=O)O)CC4)cc3)cc2)c1NC(=O)OC(C)c1cccc2c1CCC2. The Morgan fingerprint density at radius 3 is 2.31 bits per heavy atom. The van der Waals surface area contributed by atoms with Crippen molar-refractivity contribution < 1.29 is 24.0 Å². The second kappa shape index (κ2) is 9.73. The number of nitrogens with one attached hydrogen (secondary N) is 1. The van der Waals surface area contributed by atoms with Gasteiger partial charge in [0.1, 0.15) is 17.5 Å². The van der Waals surface area contributed by atoms with Crippen LogP contribution in [0.3, 0.4) is 0 Å². The van der Waals surface area contributed by atoms with Crippen LogP contribution in [0.2, 0.25) is 0 Å². The van der Waals surface area contributed by atoms with E-state index in [9.17, 15) is 14.7 Å². The Labute approximate surface area is 226 Å². The maximum atomic E-state index is 12.9. The molecule has 0 radical (unpaired) electrons. The van der Waals surface area contributed by atoms with Gasteiger partial charge in [-0.15, -0.1) is 0 Å². The maximum absolute atomic E-state index is 12.9. The van der Waals surface area contributed by atoms with E-state index in [1.807, 2.05) is 67.6 Å². The van der Waals surface area contributed by atoms with Crippen molar-refractivity contribution in [2.75, 3.05) is 5.32 Å². The number of carbonyl (C=O) groups excluding carboxylic acids is 1. The fourth-order valence-electron chi connectivity index (χ4n) is 5.65. The molecule has 39 heavy (non-hydrogen) atoms. The lowest BCUT2D eigenvalue weighted by Crippen LogP contribution is -2.19. The topological polar surface area (TPSA) is 102 Å². The number of aromatic nitrogens is 1. The average molecular weight is 523 g/mol. The molecule has 6 rings (SSSR count). The van der Waals surface area contributed by atoms with Crippen molar-refractivity contribution in [3.8, 4) is 22.5 Å². The molecule has 0 aliphatic heterocycles. The molecule has 0 spiro atoms. The van der Waals surface area contributed by atoms with Crippen LogP contribution in [0.4, 0.5) is 10.5 Å². The number of carboxylic acids is 1. The van der Waals surface area contributed by atoms with Crippen molar-refractivity contribution in [2.45, 2.75) is 57.5 Å². The molecule has 7 heteroatoms. The lowest BCUT2D eigenvalue weighted by Gasteiger charge is -2.17. The van der Waals surface area contributed by atoms with Crippen LogP contribution in [0.25, 0.3) is 22.5 Å². The molecular weight excluding hydrogens is 492 g/mol. The second-order valence-electron chi connectivity index (χ2n) is 10.5. The Hall–Kier alpha value is -4.39. The summed E-state index contributed by atoms with van der Waals surface area (Å²) in [4.78, 5) is 24.5. The minimum atomic E-state index is -0.756. The van der Waals surface area contributed by atoms with Gasteiger partial charge in [-0.3, -0.25) is 10.1 Å². The number of hydrogen-bond acceptors (Lipinski definition) is 5. The number of anilines is 1. The van der Waals surface area contributed by atoms with Gasteiger partial charge in [-0.1, -0.05) is 71.9 Å². The summed E-state index contributed by atoms with van der Waals surface area (Å²) < 4.78 is 11.3. The molecule has 1 atom stereocenters. The van der Waals surface area contributed by atoms with Gasteiger partial charge in [0.25, 0.3) is 0 Å². The summed E-state index contributed by atoms with van der Waals surface area (Å²) in [6.45, 7) is 3.67. The van der Waals surface area contributed by atoms with Gasteiger partial charge in [0.05, 0.1) is 5.41 Å². The third-order valence-corrected chi connectivity index (χ3v) is 8.07. The van der Waals surface area contributed by atoms with E-state index in [1.54, 1.807) is 6.92 Å². The number of ether oxygens (including phenoxy) is 1. The van der Waals surface area contributed by atoms with Gasteiger partial charge in [-0.25, -0.2) is 4.79 Å². The number of aliphatic carboxylic acids is 1. The summed E-state index contributed by atoms with van der Waals surface area (Å²) in [5, 5.41) is 16.5. The Balaban J connectivity index is 1.16. The van der Waals surface area contributed by atoms with Crippen LogP contribution in [0.5, 0.6) is 0 Å². The summed E-state index contributed by atoms with van der Waals surface area (Å²) in [5.41, 5.74) is 7.60. The number of hydrogen-bond donors (Lipinski definition) is 2. The van der Waals surface area contributed by atoms with E-state index in [0.29, 0.717) is 30.0 Å². The molecular formula is C32H30N2O5. The van der Waals surface area contributed by atoms with Crippen LogP contribution in [-0.4, -0.2) is 22.3 Å². The Kier molecular flexibility index (Phi) is 6.22. The summed E-state index contributed by atoms with van der Waals surface area (Å²) in [5.74, 6) is -0.301. The van der Waals surface area contributed by atoms with Gasteiger partial charge in [0.15, 0.2) is 5.76 Å². The van der Waals surface area contributed by atoms with E-state index in [4.69, 9.17) is 9.26 Å². The van der Waals surface area contributed by atoms with Crippen molar-refractivity contribution in [1.29, 1.82) is 0 Å². The third kappa shape index (κ3) is 4.58. The van der Waals surface area contributed by atoms with Crippen molar-refractivity contribution in [3.63, 3.8) is 0 Å². The van der Waals surface area contributed by atoms with Crippen LogP contribution in [-0.2, 0) is 27.8 Å². The number of amides is 1.